The molecule has 0 N–H and O–H groups in total. The monoisotopic (exact) mass is 198 g/mol. The lowest BCUT2D eigenvalue weighted by Crippen LogP contribution is -2.16. The quantitative estimate of drug-likeness (QED) is 0.609. The highest BCUT2D eigenvalue weighted by atomic mass is 16.3. The molecule has 3 heteroatoms. The molecule has 1 aliphatic carbocycles. The smallest absolute Gasteiger partial charge is 0.237 e. The molecule has 0 atom stereocenters. The zero-order chi connectivity index (χ0) is 10.4. The van der Waals surface area contributed by atoms with Gasteiger partial charge in [0.05, 0.1) is 11.8 Å². The number of carbonyl (C=O) groups excluding carboxylic acids is 2. The molecule has 0 amide bonds. The minimum absolute atomic E-state index is 0.380. The van der Waals surface area contributed by atoms with E-state index in [1.54, 1.807) is 12.1 Å². The van der Waals surface area contributed by atoms with E-state index in [-0.39, 0.29) is 0 Å². The van der Waals surface area contributed by atoms with Crippen LogP contribution in [0, 0.1) is 0 Å². The predicted octanol–water partition coefficient (Wildman–Crippen LogP) is 2.21. The maximum absolute atomic E-state index is 11.7. The number of Topliss-reactive ketones (excluding diaryl/α,β-unsaturated/α-hetero) is 1. The SMILES string of the molecule is O=C1C=Cc2ccc3ccoc3c2C1=O. The first kappa shape index (κ1) is 8.17. The van der Waals surface area contributed by atoms with E-state index >= 15 is 0 Å². The van der Waals surface area contributed by atoms with Gasteiger partial charge in [0.1, 0.15) is 5.58 Å². The Hall–Kier alpha value is -2.16. The fraction of sp³-hybridized carbons (Fsp3) is 0. The molecule has 3 nitrogen and oxygen atoms in total. The molecule has 0 radical (unpaired) electrons. The average molecular weight is 198 g/mol. The summed E-state index contributed by atoms with van der Waals surface area (Å²) in [6, 6.07) is 5.45. The van der Waals surface area contributed by atoms with Gasteiger partial charge in [-0.15, -0.1) is 0 Å². The first-order valence-corrected chi connectivity index (χ1v) is 4.54. The summed E-state index contributed by atoms with van der Waals surface area (Å²) in [6.07, 6.45) is 4.45. The van der Waals surface area contributed by atoms with E-state index in [1.165, 1.54) is 12.3 Å². The summed E-state index contributed by atoms with van der Waals surface area (Å²) in [7, 11) is 0. The number of fused-ring (bicyclic) bond motifs is 3. The molecule has 0 saturated heterocycles. The van der Waals surface area contributed by atoms with Crippen molar-refractivity contribution in [3.63, 3.8) is 0 Å². The van der Waals surface area contributed by atoms with Crippen LogP contribution in [0.25, 0.3) is 17.0 Å². The zero-order valence-electron chi connectivity index (χ0n) is 7.69. The third-order valence-corrected chi connectivity index (χ3v) is 2.52. The second-order valence-corrected chi connectivity index (χ2v) is 3.40. The molecule has 0 aliphatic heterocycles. The summed E-state index contributed by atoms with van der Waals surface area (Å²) in [4.78, 5) is 22.9. The van der Waals surface area contributed by atoms with Crippen molar-refractivity contribution in [1.82, 2.24) is 0 Å². The van der Waals surface area contributed by atoms with Crippen molar-refractivity contribution in [2.45, 2.75) is 0 Å². The lowest BCUT2D eigenvalue weighted by molar-refractivity contribution is -0.110. The molecule has 0 saturated carbocycles. The van der Waals surface area contributed by atoms with E-state index < -0.39 is 11.6 Å². The van der Waals surface area contributed by atoms with Gasteiger partial charge in [-0.3, -0.25) is 9.59 Å². The van der Waals surface area contributed by atoms with Crippen molar-refractivity contribution in [3.8, 4) is 0 Å². The van der Waals surface area contributed by atoms with E-state index in [2.05, 4.69) is 0 Å². The van der Waals surface area contributed by atoms with Gasteiger partial charge in [-0.05, 0) is 17.7 Å². The van der Waals surface area contributed by atoms with E-state index in [0.29, 0.717) is 11.1 Å². The summed E-state index contributed by atoms with van der Waals surface area (Å²) in [6.45, 7) is 0. The third-order valence-electron chi connectivity index (χ3n) is 2.52. The van der Waals surface area contributed by atoms with E-state index in [4.69, 9.17) is 4.42 Å². The van der Waals surface area contributed by atoms with Crippen LogP contribution in [-0.2, 0) is 4.79 Å². The van der Waals surface area contributed by atoms with Gasteiger partial charge in [0.25, 0.3) is 0 Å². The van der Waals surface area contributed by atoms with Crippen LogP contribution >= 0.6 is 0 Å². The van der Waals surface area contributed by atoms with Crippen LogP contribution in [0.2, 0.25) is 0 Å². The first-order valence-electron chi connectivity index (χ1n) is 4.54. The number of benzene rings is 1. The molecule has 72 valence electrons. The largest absolute Gasteiger partial charge is 0.464 e. The summed E-state index contributed by atoms with van der Waals surface area (Å²) in [5.41, 5.74) is 1.61. The van der Waals surface area contributed by atoms with Crippen LogP contribution < -0.4 is 0 Å². The summed E-state index contributed by atoms with van der Waals surface area (Å²) >= 11 is 0. The van der Waals surface area contributed by atoms with Crippen molar-refractivity contribution < 1.29 is 14.0 Å². The molecule has 2 aromatic rings. The molecule has 0 unspecified atom stereocenters. The highest BCUT2D eigenvalue weighted by Crippen LogP contribution is 2.27. The number of rotatable bonds is 0. The summed E-state index contributed by atoms with van der Waals surface area (Å²) < 4.78 is 5.23. The summed E-state index contributed by atoms with van der Waals surface area (Å²) in [5.74, 6) is -0.987. The minimum Gasteiger partial charge on any atom is -0.464 e. The Balaban J connectivity index is 2.47. The molecule has 3 rings (SSSR count). The second kappa shape index (κ2) is 2.67. The lowest BCUT2D eigenvalue weighted by Gasteiger charge is -2.07. The van der Waals surface area contributed by atoms with E-state index in [1.807, 2.05) is 12.1 Å². The van der Waals surface area contributed by atoms with E-state index in [0.717, 1.165) is 10.9 Å². The highest BCUT2D eigenvalue weighted by Gasteiger charge is 2.24. The summed E-state index contributed by atoms with van der Waals surface area (Å²) in [5, 5.41) is 0.838. The maximum Gasteiger partial charge on any atom is 0.237 e. The fourth-order valence-electron chi connectivity index (χ4n) is 1.79. The topological polar surface area (TPSA) is 47.3 Å². The highest BCUT2D eigenvalue weighted by molar-refractivity contribution is 6.51. The molecule has 0 fully saturated rings. The normalized spacial score (nSPS) is 14.7. The molecular formula is C12H6O3. The predicted molar refractivity (Wildman–Crippen MR) is 54.6 cm³/mol. The van der Waals surface area contributed by atoms with Crippen molar-refractivity contribution >= 4 is 28.6 Å². The van der Waals surface area contributed by atoms with E-state index in [9.17, 15) is 9.59 Å². The standard InChI is InChI=1S/C12H6O3/c13-9-4-3-7-1-2-8-5-6-15-12(8)10(7)11(9)14/h1-6H. The number of ketones is 2. The Kier molecular flexibility index (Phi) is 1.45. The Labute approximate surface area is 85.0 Å². The third kappa shape index (κ3) is 1.00. The molecule has 0 bridgehead atoms. The molecule has 1 aromatic carbocycles. The Morgan fingerprint density at radius 3 is 2.73 bits per heavy atom. The first-order chi connectivity index (χ1) is 7.27. The molecular weight excluding hydrogens is 192 g/mol. The van der Waals surface area contributed by atoms with Gasteiger partial charge in [0.15, 0.2) is 0 Å². The Morgan fingerprint density at radius 2 is 1.87 bits per heavy atom. The van der Waals surface area contributed by atoms with Crippen LogP contribution in [-0.4, -0.2) is 11.6 Å². The molecule has 15 heavy (non-hydrogen) atoms. The number of furan rings is 1. The van der Waals surface area contributed by atoms with Crippen LogP contribution in [0.3, 0.4) is 0 Å². The van der Waals surface area contributed by atoms with Crippen LogP contribution in [0.1, 0.15) is 15.9 Å². The number of hydrogen-bond donors (Lipinski definition) is 0. The Bertz CT molecular complexity index is 617. The minimum atomic E-state index is -0.494. The fourth-order valence-corrected chi connectivity index (χ4v) is 1.79. The van der Waals surface area contributed by atoms with Gasteiger partial charge in [0.2, 0.25) is 11.6 Å². The van der Waals surface area contributed by atoms with Gasteiger partial charge in [-0.1, -0.05) is 18.2 Å². The molecule has 1 heterocycles. The van der Waals surface area contributed by atoms with Crippen molar-refractivity contribution in [2.75, 3.05) is 0 Å². The number of hydrogen-bond acceptors (Lipinski definition) is 3. The average Bonchev–Trinajstić information content (AvgIpc) is 2.70. The van der Waals surface area contributed by atoms with Gasteiger partial charge >= 0.3 is 0 Å². The van der Waals surface area contributed by atoms with Crippen LogP contribution in [0.5, 0.6) is 0 Å². The van der Waals surface area contributed by atoms with Crippen molar-refractivity contribution in [3.05, 3.63) is 41.7 Å². The van der Waals surface area contributed by atoms with Gasteiger partial charge in [-0.25, -0.2) is 0 Å². The second-order valence-electron chi connectivity index (χ2n) is 3.40. The lowest BCUT2D eigenvalue weighted by atomic mass is 9.94. The van der Waals surface area contributed by atoms with Gasteiger partial charge < -0.3 is 4.42 Å². The maximum atomic E-state index is 11.7. The van der Waals surface area contributed by atoms with Crippen molar-refractivity contribution in [1.29, 1.82) is 0 Å². The van der Waals surface area contributed by atoms with Crippen molar-refractivity contribution in [2.24, 2.45) is 0 Å². The molecule has 1 aliphatic rings. The zero-order valence-corrected chi connectivity index (χ0v) is 7.69. The van der Waals surface area contributed by atoms with Crippen LogP contribution in [0.4, 0.5) is 0 Å². The number of allylic oxidation sites excluding steroid dienone is 1. The molecule has 1 aromatic heterocycles. The number of carbonyl (C=O) groups is 2. The van der Waals surface area contributed by atoms with Crippen LogP contribution in [0.15, 0.2) is 35.0 Å². The molecule has 0 spiro atoms. The van der Waals surface area contributed by atoms with Gasteiger partial charge in [0, 0.05) is 5.39 Å². The Morgan fingerprint density at radius 1 is 1.00 bits per heavy atom. The van der Waals surface area contributed by atoms with Gasteiger partial charge in [-0.2, -0.15) is 0 Å².